The monoisotopic (exact) mass is 376 g/mol. The van der Waals surface area contributed by atoms with Crippen LogP contribution in [0.3, 0.4) is 0 Å². The third kappa shape index (κ3) is 2.26. The highest BCUT2D eigenvalue weighted by molar-refractivity contribution is 7.92. The van der Waals surface area contributed by atoms with Crippen molar-refractivity contribution in [2.24, 2.45) is 0 Å². The van der Waals surface area contributed by atoms with Crippen molar-refractivity contribution in [1.82, 2.24) is 4.98 Å². The number of anilines is 1. The normalized spacial score (nSPS) is 13.6. The SMILES string of the molecule is Cc1ccc2c(cc3c4c2ccc(C)[n+]4CN3S(=O)(=O)c2ccccc2)n1. The molecule has 0 amide bonds. The largest absolute Gasteiger partial charge is 0.269 e. The van der Waals surface area contributed by atoms with Crippen molar-refractivity contribution < 1.29 is 13.0 Å². The zero-order valence-corrected chi connectivity index (χ0v) is 15.9. The van der Waals surface area contributed by atoms with Crippen molar-refractivity contribution in [3.63, 3.8) is 0 Å². The maximum atomic E-state index is 13.3. The zero-order valence-electron chi connectivity index (χ0n) is 15.0. The topological polar surface area (TPSA) is 54.2 Å². The molecule has 0 spiro atoms. The molecule has 3 heterocycles. The van der Waals surface area contributed by atoms with Crippen molar-refractivity contribution in [3.8, 4) is 0 Å². The van der Waals surface area contributed by atoms with Gasteiger partial charge in [0.05, 0.1) is 15.8 Å². The van der Waals surface area contributed by atoms with Gasteiger partial charge < -0.3 is 0 Å². The summed E-state index contributed by atoms with van der Waals surface area (Å²) in [5.74, 6) is 0. The van der Waals surface area contributed by atoms with Crippen LogP contribution in [0.1, 0.15) is 11.4 Å². The summed E-state index contributed by atoms with van der Waals surface area (Å²) >= 11 is 0. The van der Waals surface area contributed by atoms with Crippen LogP contribution in [0.2, 0.25) is 0 Å². The molecule has 5 rings (SSSR count). The van der Waals surface area contributed by atoms with Crippen LogP contribution in [0.4, 0.5) is 5.69 Å². The minimum absolute atomic E-state index is 0.269. The Morgan fingerprint density at radius 3 is 2.48 bits per heavy atom. The van der Waals surface area contributed by atoms with Crippen LogP contribution in [-0.4, -0.2) is 13.4 Å². The van der Waals surface area contributed by atoms with Crippen molar-refractivity contribution in [3.05, 3.63) is 72.1 Å². The lowest BCUT2D eigenvalue weighted by Gasteiger charge is -2.15. The minimum Gasteiger partial charge on any atom is -0.253 e. The summed E-state index contributed by atoms with van der Waals surface area (Å²) in [5.41, 5.74) is 4.36. The van der Waals surface area contributed by atoms with Crippen LogP contribution in [0.5, 0.6) is 0 Å². The summed E-state index contributed by atoms with van der Waals surface area (Å²) < 4.78 is 30.2. The van der Waals surface area contributed by atoms with Gasteiger partial charge >= 0.3 is 0 Å². The predicted molar refractivity (Wildman–Crippen MR) is 105 cm³/mol. The number of aryl methyl sites for hydroxylation is 2. The van der Waals surface area contributed by atoms with E-state index >= 15 is 0 Å². The molecule has 0 unspecified atom stereocenters. The number of hydrogen-bond donors (Lipinski definition) is 0. The number of fused-ring (bicyclic) bond motifs is 2. The van der Waals surface area contributed by atoms with Crippen molar-refractivity contribution in [2.75, 3.05) is 4.31 Å². The first-order valence-electron chi connectivity index (χ1n) is 8.78. The quantitative estimate of drug-likeness (QED) is 0.398. The number of hydrogen-bond acceptors (Lipinski definition) is 3. The fourth-order valence-corrected chi connectivity index (χ4v) is 5.22. The van der Waals surface area contributed by atoms with Gasteiger partial charge in [-0.15, -0.1) is 0 Å². The van der Waals surface area contributed by atoms with Crippen LogP contribution in [-0.2, 0) is 16.7 Å². The summed E-state index contributed by atoms with van der Waals surface area (Å²) in [4.78, 5) is 4.93. The van der Waals surface area contributed by atoms with E-state index < -0.39 is 10.0 Å². The second kappa shape index (κ2) is 5.50. The molecule has 6 heteroatoms. The highest BCUT2D eigenvalue weighted by Gasteiger charge is 2.39. The maximum Gasteiger partial charge on any atom is 0.269 e. The van der Waals surface area contributed by atoms with Gasteiger partial charge in [0, 0.05) is 24.1 Å². The fraction of sp³-hybridized carbons (Fsp3) is 0.143. The molecule has 1 aliphatic heterocycles. The number of aromatic nitrogens is 2. The molecule has 0 saturated heterocycles. The third-order valence-corrected chi connectivity index (χ3v) is 6.94. The Bertz CT molecular complexity index is 1330. The van der Waals surface area contributed by atoms with E-state index in [4.69, 9.17) is 0 Å². The van der Waals surface area contributed by atoms with Crippen LogP contribution in [0, 0.1) is 13.8 Å². The molecule has 0 aliphatic carbocycles. The number of rotatable bonds is 2. The molecular formula is C21H18N3O2S+. The molecule has 0 atom stereocenters. The number of benzene rings is 2. The smallest absolute Gasteiger partial charge is 0.253 e. The van der Waals surface area contributed by atoms with E-state index in [9.17, 15) is 8.42 Å². The lowest BCUT2D eigenvalue weighted by atomic mass is 10.1. The molecule has 27 heavy (non-hydrogen) atoms. The van der Waals surface area contributed by atoms with Gasteiger partial charge in [-0.3, -0.25) is 4.98 Å². The first kappa shape index (κ1) is 16.2. The molecule has 2 aromatic carbocycles. The number of pyridine rings is 2. The summed E-state index contributed by atoms with van der Waals surface area (Å²) in [7, 11) is -3.66. The molecule has 0 fully saturated rings. The van der Waals surface area contributed by atoms with E-state index in [0.717, 1.165) is 33.2 Å². The molecule has 134 valence electrons. The molecule has 0 radical (unpaired) electrons. The third-order valence-electron chi connectivity index (χ3n) is 5.18. The van der Waals surface area contributed by atoms with E-state index in [0.29, 0.717) is 10.6 Å². The Hall–Kier alpha value is -2.99. The Kier molecular flexibility index (Phi) is 3.30. The fourth-order valence-electron chi connectivity index (χ4n) is 3.80. The summed E-state index contributed by atoms with van der Waals surface area (Å²) in [6.45, 7) is 4.21. The van der Waals surface area contributed by atoms with E-state index in [1.54, 1.807) is 24.3 Å². The Labute approximate surface area is 157 Å². The van der Waals surface area contributed by atoms with Gasteiger partial charge in [0.15, 0.2) is 5.69 Å². The van der Waals surface area contributed by atoms with E-state index in [1.807, 2.05) is 38.1 Å². The minimum atomic E-state index is -3.66. The zero-order chi connectivity index (χ0) is 18.8. The Morgan fingerprint density at radius 1 is 0.963 bits per heavy atom. The molecule has 5 nitrogen and oxygen atoms in total. The van der Waals surface area contributed by atoms with Crippen LogP contribution in [0.15, 0.2) is 65.6 Å². The highest BCUT2D eigenvalue weighted by atomic mass is 32.2. The maximum absolute atomic E-state index is 13.3. The summed E-state index contributed by atoms with van der Waals surface area (Å²) in [5, 5.41) is 2.05. The summed E-state index contributed by atoms with van der Waals surface area (Å²) in [6, 6.07) is 18.6. The van der Waals surface area contributed by atoms with Gasteiger partial charge in [0.25, 0.3) is 10.0 Å². The Balaban J connectivity index is 1.85. The summed E-state index contributed by atoms with van der Waals surface area (Å²) in [6.07, 6.45) is 0. The second-order valence-electron chi connectivity index (χ2n) is 6.89. The van der Waals surface area contributed by atoms with E-state index in [2.05, 4.69) is 21.7 Å². The molecule has 0 saturated carbocycles. The second-order valence-corrected chi connectivity index (χ2v) is 8.75. The van der Waals surface area contributed by atoms with Crippen LogP contribution >= 0.6 is 0 Å². The molecule has 4 aromatic rings. The average Bonchev–Trinajstić information content (AvgIpc) is 3.06. The molecule has 0 N–H and O–H groups in total. The molecule has 0 bridgehead atoms. The number of nitrogens with zero attached hydrogens (tertiary/aromatic N) is 3. The highest BCUT2D eigenvalue weighted by Crippen LogP contribution is 2.37. The Morgan fingerprint density at radius 2 is 1.70 bits per heavy atom. The van der Waals surface area contributed by atoms with Gasteiger partial charge in [-0.05, 0) is 37.3 Å². The van der Waals surface area contributed by atoms with Gasteiger partial charge in [0.2, 0.25) is 12.2 Å². The predicted octanol–water partition coefficient (Wildman–Crippen LogP) is 3.46. The lowest BCUT2D eigenvalue weighted by Crippen LogP contribution is -2.42. The average molecular weight is 376 g/mol. The van der Waals surface area contributed by atoms with E-state index in [-0.39, 0.29) is 6.67 Å². The van der Waals surface area contributed by atoms with Crippen molar-refractivity contribution in [1.29, 1.82) is 0 Å². The number of sulfonamides is 1. The molecule has 1 aliphatic rings. The molecular weight excluding hydrogens is 358 g/mol. The van der Waals surface area contributed by atoms with Crippen molar-refractivity contribution >= 4 is 37.5 Å². The van der Waals surface area contributed by atoms with Gasteiger partial charge in [0.1, 0.15) is 5.69 Å². The van der Waals surface area contributed by atoms with Gasteiger partial charge in [-0.1, -0.05) is 24.3 Å². The van der Waals surface area contributed by atoms with Gasteiger partial charge in [-0.25, -0.2) is 12.7 Å². The van der Waals surface area contributed by atoms with E-state index in [1.165, 1.54) is 4.31 Å². The standard InChI is InChI=1S/C21H18N3O2S/c1-14-8-10-17-18-11-9-15(2)23-13-24(20(21(18)23)12-19(17)22-14)27(25,26)16-6-4-3-5-7-16/h3-12H,13H2,1-2H3/q+1. The first-order chi connectivity index (χ1) is 13.0. The van der Waals surface area contributed by atoms with Gasteiger partial charge in [-0.2, -0.15) is 4.57 Å². The lowest BCUT2D eigenvalue weighted by molar-refractivity contribution is -0.668. The van der Waals surface area contributed by atoms with Crippen molar-refractivity contribution in [2.45, 2.75) is 25.4 Å². The van der Waals surface area contributed by atoms with Crippen LogP contribution in [0.25, 0.3) is 21.8 Å². The first-order valence-corrected chi connectivity index (χ1v) is 10.2. The van der Waals surface area contributed by atoms with Crippen LogP contribution < -0.4 is 8.87 Å². The molecule has 2 aromatic heterocycles.